The van der Waals surface area contributed by atoms with Gasteiger partial charge in [0.25, 0.3) is 0 Å². The van der Waals surface area contributed by atoms with Crippen molar-refractivity contribution in [3.63, 3.8) is 0 Å². The van der Waals surface area contributed by atoms with E-state index in [0.29, 0.717) is 49.0 Å². The molecule has 2 aromatic rings. The number of aliphatic hydroxyl groups is 2. The minimum absolute atomic E-state index is 0.100. The van der Waals surface area contributed by atoms with Gasteiger partial charge in [0.2, 0.25) is 0 Å². The molecular weight excluding hydrogens is 588 g/mol. The highest BCUT2D eigenvalue weighted by Gasteiger charge is 2.75. The summed E-state index contributed by atoms with van der Waals surface area (Å²) in [7, 11) is 1.58. The maximum absolute atomic E-state index is 13.9. The monoisotopic (exact) mass is 634 g/mol. The minimum atomic E-state index is -1.51. The van der Waals surface area contributed by atoms with Crippen LogP contribution in [0.1, 0.15) is 88.9 Å². The van der Waals surface area contributed by atoms with Gasteiger partial charge in [-0.25, -0.2) is 4.79 Å². The van der Waals surface area contributed by atoms with Gasteiger partial charge in [0.05, 0.1) is 31.3 Å². The lowest BCUT2D eigenvalue weighted by Crippen LogP contribution is -2.79. The Morgan fingerprint density at radius 1 is 1.00 bits per heavy atom. The molecule has 2 aromatic carbocycles. The molecule has 248 valence electrons. The topological polar surface area (TPSA) is 121 Å². The average Bonchev–Trinajstić information content (AvgIpc) is 3.02. The molecule has 2 unspecified atom stereocenters. The van der Waals surface area contributed by atoms with Crippen molar-refractivity contribution in [2.24, 2.45) is 16.7 Å². The van der Waals surface area contributed by atoms with Gasteiger partial charge in [-0.2, -0.15) is 0 Å². The van der Waals surface area contributed by atoms with Gasteiger partial charge in [-0.1, -0.05) is 62.2 Å². The zero-order chi connectivity index (χ0) is 33.1. The van der Waals surface area contributed by atoms with Gasteiger partial charge in [0, 0.05) is 29.7 Å². The fourth-order valence-electron chi connectivity index (χ4n) is 8.96. The summed E-state index contributed by atoms with van der Waals surface area (Å²) >= 11 is 0. The SMILES string of the molecule is COc1ccc(C(O)O[C@H]2C[C@H]3OC[C@@]3(OC(C)=O)C3[C@H](OC(=O)c4ccccc4)[C@]4(O)CCC(C)=C(CC[C@@]32C)C4(C)C)cc1. The summed E-state index contributed by atoms with van der Waals surface area (Å²) in [6.07, 6.45) is -0.978. The van der Waals surface area contributed by atoms with Crippen LogP contribution >= 0.6 is 0 Å². The van der Waals surface area contributed by atoms with Crippen LogP contribution in [0.3, 0.4) is 0 Å². The second-order valence-corrected chi connectivity index (χ2v) is 14.3. The van der Waals surface area contributed by atoms with Crippen LogP contribution < -0.4 is 4.74 Å². The number of rotatable bonds is 7. The van der Waals surface area contributed by atoms with Crippen molar-refractivity contribution in [2.75, 3.05) is 13.7 Å². The van der Waals surface area contributed by atoms with E-state index in [-0.39, 0.29) is 6.61 Å². The maximum Gasteiger partial charge on any atom is 0.338 e. The van der Waals surface area contributed by atoms with E-state index < -0.39 is 64.5 Å². The molecule has 0 amide bonds. The summed E-state index contributed by atoms with van der Waals surface area (Å²) < 4.78 is 30.7. The molecule has 0 spiro atoms. The molecule has 46 heavy (non-hydrogen) atoms. The Kier molecular flexibility index (Phi) is 8.37. The van der Waals surface area contributed by atoms with E-state index in [4.69, 9.17) is 23.7 Å². The number of ether oxygens (including phenoxy) is 5. The standard InChI is InChI=1S/C37H46O9/c1-22-16-19-37(41)31(45-33(40)24-10-8-7-9-11-24)30-35(5,18-17-27(22)34(37,3)4)28(20-29-36(30,21-43-29)46-23(2)38)44-32(39)25-12-14-26(42-6)15-13-25/h7-15,28-32,39,41H,16-21H2,1-6H3/t28-,29+,30?,31-,32?,35+,36-,37+/m0/s1. The lowest BCUT2D eigenvalue weighted by atomic mass is 9.45. The molecule has 8 atom stereocenters. The van der Waals surface area contributed by atoms with Gasteiger partial charge in [-0.3, -0.25) is 4.79 Å². The van der Waals surface area contributed by atoms with Crippen molar-refractivity contribution in [2.45, 2.75) is 103 Å². The highest BCUT2D eigenvalue weighted by atomic mass is 16.6. The zero-order valence-corrected chi connectivity index (χ0v) is 27.6. The maximum atomic E-state index is 13.9. The number of carbonyl (C=O) groups excluding carboxylic acids is 2. The molecule has 3 fully saturated rings. The Morgan fingerprint density at radius 2 is 1.70 bits per heavy atom. The first-order chi connectivity index (χ1) is 21.8. The Balaban J connectivity index is 1.50. The normalized spacial score (nSPS) is 35.3. The third-order valence-electron chi connectivity index (χ3n) is 11.6. The molecule has 1 aliphatic heterocycles. The van der Waals surface area contributed by atoms with E-state index >= 15 is 0 Å². The Bertz CT molecular complexity index is 1500. The van der Waals surface area contributed by atoms with E-state index in [1.165, 1.54) is 12.5 Å². The van der Waals surface area contributed by atoms with Crippen molar-refractivity contribution < 1.29 is 43.5 Å². The van der Waals surface area contributed by atoms with Crippen LogP contribution in [0, 0.1) is 16.7 Å². The summed E-state index contributed by atoms with van der Waals surface area (Å²) in [6, 6.07) is 15.8. The molecule has 1 heterocycles. The quantitative estimate of drug-likeness (QED) is 0.225. The van der Waals surface area contributed by atoms with Crippen molar-refractivity contribution in [3.8, 4) is 5.75 Å². The van der Waals surface area contributed by atoms with Crippen LogP contribution in [0.2, 0.25) is 0 Å². The Labute approximate surface area is 270 Å². The number of allylic oxidation sites excluding steroid dienone is 1. The lowest BCUT2D eigenvalue weighted by Gasteiger charge is -2.68. The van der Waals surface area contributed by atoms with Crippen LogP contribution in [0.5, 0.6) is 5.75 Å². The minimum Gasteiger partial charge on any atom is -0.497 e. The van der Waals surface area contributed by atoms with Crippen molar-refractivity contribution in [3.05, 3.63) is 76.9 Å². The third kappa shape index (κ3) is 5.07. The first-order valence-corrected chi connectivity index (χ1v) is 16.2. The lowest BCUT2D eigenvalue weighted by molar-refractivity contribution is -0.362. The van der Waals surface area contributed by atoms with Gasteiger partial charge >= 0.3 is 11.9 Å². The Morgan fingerprint density at radius 3 is 2.30 bits per heavy atom. The molecule has 2 saturated carbocycles. The number of esters is 2. The van der Waals surface area contributed by atoms with Crippen molar-refractivity contribution in [1.29, 1.82) is 0 Å². The number of fused-ring (bicyclic) bond motifs is 5. The van der Waals surface area contributed by atoms with Crippen LogP contribution in [-0.2, 0) is 23.7 Å². The van der Waals surface area contributed by atoms with E-state index in [1.807, 2.05) is 19.9 Å². The molecule has 9 nitrogen and oxygen atoms in total. The molecule has 2 N–H and O–H groups in total. The fraction of sp³-hybridized carbons (Fsp3) is 0.568. The highest BCUT2D eigenvalue weighted by Crippen LogP contribution is 2.65. The molecule has 9 heteroatoms. The smallest absolute Gasteiger partial charge is 0.338 e. The molecule has 6 rings (SSSR count). The van der Waals surface area contributed by atoms with Gasteiger partial charge in [0.1, 0.15) is 23.6 Å². The fourth-order valence-corrected chi connectivity index (χ4v) is 8.96. The van der Waals surface area contributed by atoms with E-state index in [9.17, 15) is 19.8 Å². The molecular formula is C37H46O9. The average molecular weight is 635 g/mol. The van der Waals surface area contributed by atoms with E-state index in [0.717, 1.165) is 5.57 Å². The van der Waals surface area contributed by atoms with Crippen LogP contribution in [0.15, 0.2) is 65.7 Å². The van der Waals surface area contributed by atoms with Gasteiger partial charge in [0.15, 0.2) is 11.9 Å². The molecule has 0 radical (unpaired) electrons. The first-order valence-electron chi connectivity index (χ1n) is 16.2. The van der Waals surface area contributed by atoms with Gasteiger partial charge < -0.3 is 33.9 Å². The number of hydrogen-bond donors (Lipinski definition) is 2. The number of carbonyl (C=O) groups is 2. The Hall–Kier alpha value is -3.24. The van der Waals surface area contributed by atoms with Gasteiger partial charge in [-0.05, 0) is 56.9 Å². The van der Waals surface area contributed by atoms with E-state index in [2.05, 4.69) is 13.8 Å². The molecule has 1 saturated heterocycles. The van der Waals surface area contributed by atoms with Crippen molar-refractivity contribution >= 4 is 11.9 Å². The summed E-state index contributed by atoms with van der Waals surface area (Å²) in [5.74, 6) is -1.11. The third-order valence-corrected chi connectivity index (χ3v) is 11.6. The largest absolute Gasteiger partial charge is 0.497 e. The summed E-state index contributed by atoms with van der Waals surface area (Å²) in [5, 5.41) is 24.4. The number of aliphatic hydroxyl groups excluding tert-OH is 1. The molecule has 3 aliphatic carbocycles. The highest BCUT2D eigenvalue weighted by molar-refractivity contribution is 5.89. The summed E-state index contributed by atoms with van der Waals surface area (Å²) in [5.41, 5.74) is -1.02. The summed E-state index contributed by atoms with van der Waals surface area (Å²) in [6.45, 7) is 9.68. The van der Waals surface area contributed by atoms with Gasteiger partial charge in [-0.15, -0.1) is 0 Å². The predicted octanol–water partition coefficient (Wildman–Crippen LogP) is 5.69. The first kappa shape index (κ1) is 32.7. The predicted molar refractivity (Wildman–Crippen MR) is 169 cm³/mol. The van der Waals surface area contributed by atoms with Crippen molar-refractivity contribution in [1.82, 2.24) is 0 Å². The number of methoxy groups -OCH3 is 1. The summed E-state index contributed by atoms with van der Waals surface area (Å²) in [4.78, 5) is 26.7. The zero-order valence-electron chi connectivity index (χ0n) is 27.6. The second kappa shape index (κ2) is 11.8. The van der Waals surface area contributed by atoms with E-state index in [1.54, 1.807) is 55.6 Å². The second-order valence-electron chi connectivity index (χ2n) is 14.3. The number of hydrogen-bond acceptors (Lipinski definition) is 9. The molecule has 4 aliphatic rings. The molecule has 0 aromatic heterocycles. The molecule has 2 bridgehead atoms. The van der Waals surface area contributed by atoms with Crippen LogP contribution in [0.4, 0.5) is 0 Å². The van der Waals surface area contributed by atoms with Crippen LogP contribution in [0.25, 0.3) is 0 Å². The van der Waals surface area contributed by atoms with Crippen LogP contribution in [-0.4, -0.2) is 65.4 Å². The number of benzene rings is 2.